The summed E-state index contributed by atoms with van der Waals surface area (Å²) in [6.07, 6.45) is 0. The molecule has 4 nitrogen and oxygen atoms in total. The smallest absolute Gasteiger partial charge is 0.226 e. The third-order valence-electron chi connectivity index (χ3n) is 9.06. The normalized spacial score (nSPS) is 13.6. The summed E-state index contributed by atoms with van der Waals surface area (Å²) in [6.45, 7) is 0. The van der Waals surface area contributed by atoms with Gasteiger partial charge in [0.1, 0.15) is 0 Å². The van der Waals surface area contributed by atoms with Gasteiger partial charge in [0.25, 0.3) is 0 Å². The van der Waals surface area contributed by atoms with E-state index in [0.29, 0.717) is 11.6 Å². The van der Waals surface area contributed by atoms with Gasteiger partial charge >= 0.3 is 0 Å². The Morgan fingerprint density at radius 1 is 0.444 bits per heavy atom. The fraction of sp³-hybridized carbons (Fsp3) is 0.0250. The Hall–Kier alpha value is -5.58. The molecule has 212 valence electrons. The standard InChI is InChI=1S/C40H25ClN4/c41-39-43-37(26-13-3-1-4-14-26)42-38(44-39)27-23-24-36-34(25-27)40(31-19-9-7-17-29(31)30-18-8-10-20-32(30)40)33-21-11-12-22-35(33)45(36)28-15-5-2-6-16-28/h1-25H. The van der Waals surface area contributed by atoms with Crippen molar-refractivity contribution in [3.8, 4) is 33.9 Å². The van der Waals surface area contributed by atoms with Gasteiger partial charge in [0.05, 0.1) is 16.8 Å². The molecule has 0 bridgehead atoms. The highest BCUT2D eigenvalue weighted by molar-refractivity contribution is 6.28. The third kappa shape index (κ3) is 3.76. The zero-order valence-corrected chi connectivity index (χ0v) is 24.9. The molecule has 45 heavy (non-hydrogen) atoms. The van der Waals surface area contributed by atoms with E-state index in [-0.39, 0.29) is 5.28 Å². The summed E-state index contributed by atoms with van der Waals surface area (Å²) in [7, 11) is 0. The lowest BCUT2D eigenvalue weighted by Crippen LogP contribution is -2.36. The maximum absolute atomic E-state index is 6.55. The second-order valence-electron chi connectivity index (χ2n) is 11.4. The van der Waals surface area contributed by atoms with E-state index < -0.39 is 5.41 Å². The predicted molar refractivity (Wildman–Crippen MR) is 181 cm³/mol. The minimum absolute atomic E-state index is 0.166. The van der Waals surface area contributed by atoms with Crippen molar-refractivity contribution in [1.82, 2.24) is 15.0 Å². The Bertz CT molecular complexity index is 2200. The lowest BCUT2D eigenvalue weighted by atomic mass is 9.64. The van der Waals surface area contributed by atoms with E-state index in [9.17, 15) is 0 Å². The van der Waals surface area contributed by atoms with Gasteiger partial charge in [-0.3, -0.25) is 0 Å². The number of aromatic nitrogens is 3. The number of para-hydroxylation sites is 2. The average molecular weight is 597 g/mol. The molecule has 9 rings (SSSR count). The van der Waals surface area contributed by atoms with Crippen LogP contribution in [0.3, 0.4) is 0 Å². The highest BCUT2D eigenvalue weighted by atomic mass is 35.5. The Labute approximate surface area is 266 Å². The van der Waals surface area contributed by atoms with Crippen LogP contribution in [0.15, 0.2) is 152 Å². The second-order valence-corrected chi connectivity index (χ2v) is 11.7. The summed E-state index contributed by atoms with van der Waals surface area (Å²) in [6, 6.07) is 53.5. The first kappa shape index (κ1) is 25.9. The van der Waals surface area contributed by atoms with Gasteiger partial charge in [-0.15, -0.1) is 0 Å². The lowest BCUT2D eigenvalue weighted by molar-refractivity contribution is 0.753. The fourth-order valence-corrected chi connectivity index (χ4v) is 7.46. The maximum Gasteiger partial charge on any atom is 0.226 e. The van der Waals surface area contributed by atoms with Crippen LogP contribution in [0.2, 0.25) is 5.28 Å². The molecule has 2 heterocycles. The highest BCUT2D eigenvalue weighted by Crippen LogP contribution is 2.63. The van der Waals surface area contributed by atoms with E-state index in [0.717, 1.165) is 33.8 Å². The van der Waals surface area contributed by atoms with Gasteiger partial charge < -0.3 is 4.90 Å². The number of benzene rings is 6. The van der Waals surface area contributed by atoms with E-state index >= 15 is 0 Å². The molecule has 0 saturated heterocycles. The van der Waals surface area contributed by atoms with Crippen molar-refractivity contribution >= 4 is 28.7 Å². The van der Waals surface area contributed by atoms with Crippen molar-refractivity contribution in [3.05, 3.63) is 179 Å². The van der Waals surface area contributed by atoms with Gasteiger partial charge in [-0.05, 0) is 81.4 Å². The summed E-state index contributed by atoms with van der Waals surface area (Å²) in [5.74, 6) is 1.09. The molecule has 6 aromatic carbocycles. The first-order valence-corrected chi connectivity index (χ1v) is 15.4. The lowest BCUT2D eigenvalue weighted by Gasteiger charge is -2.45. The molecule has 0 saturated carbocycles. The predicted octanol–water partition coefficient (Wildman–Crippen LogP) is 10.0. The number of hydrogen-bond donors (Lipinski definition) is 0. The number of rotatable bonds is 3. The van der Waals surface area contributed by atoms with Crippen molar-refractivity contribution in [1.29, 1.82) is 0 Å². The molecule has 1 aromatic heterocycles. The van der Waals surface area contributed by atoms with Crippen LogP contribution >= 0.6 is 11.6 Å². The van der Waals surface area contributed by atoms with Crippen LogP contribution < -0.4 is 4.90 Å². The molecule has 0 amide bonds. The summed E-state index contributed by atoms with van der Waals surface area (Å²) in [5.41, 5.74) is 12.0. The molecule has 2 aliphatic rings. The number of anilines is 3. The first-order valence-electron chi connectivity index (χ1n) is 15.0. The van der Waals surface area contributed by atoms with Crippen molar-refractivity contribution in [3.63, 3.8) is 0 Å². The Morgan fingerprint density at radius 3 is 1.67 bits per heavy atom. The summed E-state index contributed by atoms with van der Waals surface area (Å²) in [5, 5.41) is 0.166. The number of nitrogens with zero attached hydrogens (tertiary/aromatic N) is 4. The number of fused-ring (bicyclic) bond motifs is 9. The SMILES string of the molecule is Clc1nc(-c2ccccc2)nc(-c2ccc3c(c2)C2(c4ccccc4-c4ccccc42)c2ccccc2N3c2ccccc2)n1. The molecule has 5 heteroatoms. The maximum atomic E-state index is 6.55. The van der Waals surface area contributed by atoms with Crippen molar-refractivity contribution in [2.75, 3.05) is 4.90 Å². The average Bonchev–Trinajstić information content (AvgIpc) is 3.40. The van der Waals surface area contributed by atoms with Crippen LogP contribution in [0, 0.1) is 0 Å². The minimum Gasteiger partial charge on any atom is -0.310 e. The quantitative estimate of drug-likeness (QED) is 0.203. The molecule has 1 aliphatic heterocycles. The number of halogens is 1. The molecule has 1 spiro atoms. The van der Waals surface area contributed by atoms with Crippen LogP contribution in [0.4, 0.5) is 17.1 Å². The topological polar surface area (TPSA) is 41.9 Å². The van der Waals surface area contributed by atoms with Crippen molar-refractivity contribution in [2.45, 2.75) is 5.41 Å². The van der Waals surface area contributed by atoms with Crippen LogP contribution in [0.1, 0.15) is 22.3 Å². The molecule has 0 fully saturated rings. The molecule has 1 aliphatic carbocycles. The largest absolute Gasteiger partial charge is 0.310 e. The molecular formula is C40H25ClN4. The molecule has 7 aromatic rings. The van der Waals surface area contributed by atoms with E-state index in [4.69, 9.17) is 16.6 Å². The Balaban J connectivity index is 1.38. The van der Waals surface area contributed by atoms with Crippen LogP contribution in [0.5, 0.6) is 0 Å². The Kier molecular flexibility index (Phi) is 5.74. The molecular weight excluding hydrogens is 572 g/mol. The molecule has 0 N–H and O–H groups in total. The van der Waals surface area contributed by atoms with Gasteiger partial charge in [-0.1, -0.05) is 115 Å². The van der Waals surface area contributed by atoms with Gasteiger partial charge in [0, 0.05) is 16.8 Å². The monoisotopic (exact) mass is 596 g/mol. The van der Waals surface area contributed by atoms with Crippen LogP contribution in [-0.4, -0.2) is 15.0 Å². The molecule has 0 atom stereocenters. The second kappa shape index (κ2) is 9.98. The zero-order valence-electron chi connectivity index (χ0n) is 24.1. The first-order chi connectivity index (χ1) is 22.2. The summed E-state index contributed by atoms with van der Waals surface area (Å²) < 4.78 is 0. The van der Waals surface area contributed by atoms with Gasteiger partial charge in [0.2, 0.25) is 5.28 Å². The van der Waals surface area contributed by atoms with Crippen LogP contribution in [-0.2, 0) is 5.41 Å². The van der Waals surface area contributed by atoms with Crippen LogP contribution in [0.25, 0.3) is 33.9 Å². The van der Waals surface area contributed by atoms with E-state index in [1.165, 1.54) is 27.8 Å². The van der Waals surface area contributed by atoms with Gasteiger partial charge in [0.15, 0.2) is 11.6 Å². The van der Waals surface area contributed by atoms with Crippen molar-refractivity contribution in [2.24, 2.45) is 0 Å². The molecule has 0 radical (unpaired) electrons. The van der Waals surface area contributed by atoms with Gasteiger partial charge in [-0.25, -0.2) is 4.98 Å². The van der Waals surface area contributed by atoms with E-state index in [2.05, 4.69) is 136 Å². The third-order valence-corrected chi connectivity index (χ3v) is 9.22. The number of hydrogen-bond acceptors (Lipinski definition) is 4. The highest BCUT2D eigenvalue weighted by Gasteiger charge is 2.51. The zero-order chi connectivity index (χ0) is 30.0. The van der Waals surface area contributed by atoms with E-state index in [1.54, 1.807) is 0 Å². The minimum atomic E-state index is -0.556. The Morgan fingerprint density at radius 2 is 0.978 bits per heavy atom. The van der Waals surface area contributed by atoms with Crippen molar-refractivity contribution < 1.29 is 0 Å². The summed E-state index contributed by atoms with van der Waals surface area (Å²) in [4.78, 5) is 16.4. The van der Waals surface area contributed by atoms with Gasteiger partial charge in [-0.2, -0.15) is 9.97 Å². The fourth-order valence-electron chi connectivity index (χ4n) is 7.30. The summed E-state index contributed by atoms with van der Waals surface area (Å²) >= 11 is 6.55. The van der Waals surface area contributed by atoms with E-state index in [1.807, 2.05) is 30.3 Å². The molecule has 0 unspecified atom stereocenters.